The van der Waals surface area contributed by atoms with E-state index in [9.17, 15) is 10.1 Å². The van der Waals surface area contributed by atoms with E-state index in [0.717, 1.165) is 23.0 Å². The molecule has 5 heteroatoms. The highest BCUT2D eigenvalue weighted by Gasteiger charge is 2.22. The second-order valence-corrected chi connectivity index (χ2v) is 5.41. The lowest BCUT2D eigenvalue weighted by atomic mass is 9.93. The lowest BCUT2D eigenvalue weighted by Gasteiger charge is -2.21. The summed E-state index contributed by atoms with van der Waals surface area (Å²) in [5.41, 5.74) is 0.960. The van der Waals surface area contributed by atoms with Gasteiger partial charge in [-0.2, -0.15) is 0 Å². The van der Waals surface area contributed by atoms with Gasteiger partial charge in [-0.05, 0) is 26.0 Å². The number of nitrogens with one attached hydrogen (secondary N) is 1. The van der Waals surface area contributed by atoms with E-state index in [1.54, 1.807) is 6.07 Å². The molecule has 0 aliphatic carbocycles. The van der Waals surface area contributed by atoms with E-state index >= 15 is 0 Å². The van der Waals surface area contributed by atoms with Crippen LogP contribution in [0.4, 0.5) is 5.69 Å². The van der Waals surface area contributed by atoms with Crippen LogP contribution in [-0.4, -0.2) is 17.5 Å². The second-order valence-electron chi connectivity index (χ2n) is 4.49. The second kappa shape index (κ2) is 6.85. The topological polar surface area (TPSA) is 55.2 Å². The van der Waals surface area contributed by atoms with Gasteiger partial charge in [-0.1, -0.05) is 35.8 Å². The Kier molecular flexibility index (Phi) is 5.75. The molecule has 0 saturated heterocycles. The molecule has 2 unspecified atom stereocenters. The van der Waals surface area contributed by atoms with Gasteiger partial charge in [0, 0.05) is 28.1 Å². The van der Waals surface area contributed by atoms with Gasteiger partial charge in [0.15, 0.2) is 0 Å². The Morgan fingerprint density at radius 3 is 2.67 bits per heavy atom. The van der Waals surface area contributed by atoms with Gasteiger partial charge in [-0.25, -0.2) is 0 Å². The van der Waals surface area contributed by atoms with Gasteiger partial charge in [-0.3, -0.25) is 10.1 Å². The minimum Gasteiger partial charge on any atom is -0.314 e. The number of halogens is 1. The number of nitrogens with zero attached hydrogens (tertiary/aromatic N) is 1. The standard InChI is InChI=1S/C13H19BrN2O2/c1-4-7-15-10(3)9(2)12-6-5-11(14)8-13(12)16(17)18/h5-6,8-10,15H,4,7H2,1-3H3. The van der Waals surface area contributed by atoms with Crippen LogP contribution in [0.15, 0.2) is 22.7 Å². The summed E-state index contributed by atoms with van der Waals surface area (Å²) in [6, 6.07) is 5.46. The monoisotopic (exact) mass is 314 g/mol. The average molecular weight is 315 g/mol. The molecule has 1 N–H and O–H groups in total. The summed E-state index contributed by atoms with van der Waals surface area (Å²) in [6.07, 6.45) is 1.06. The molecule has 100 valence electrons. The first-order valence-corrected chi connectivity index (χ1v) is 6.93. The van der Waals surface area contributed by atoms with E-state index in [1.807, 2.05) is 19.1 Å². The van der Waals surface area contributed by atoms with Gasteiger partial charge in [0.25, 0.3) is 5.69 Å². The molecule has 18 heavy (non-hydrogen) atoms. The summed E-state index contributed by atoms with van der Waals surface area (Å²) >= 11 is 3.27. The quantitative estimate of drug-likeness (QED) is 0.641. The first-order chi connectivity index (χ1) is 8.47. The fourth-order valence-corrected chi connectivity index (χ4v) is 2.23. The molecule has 0 saturated carbocycles. The van der Waals surface area contributed by atoms with E-state index < -0.39 is 0 Å². The summed E-state index contributed by atoms with van der Waals surface area (Å²) in [4.78, 5) is 10.8. The molecule has 0 aliphatic heterocycles. The maximum absolute atomic E-state index is 11.1. The van der Waals surface area contributed by atoms with Crippen LogP contribution in [-0.2, 0) is 0 Å². The number of benzene rings is 1. The number of nitro groups is 1. The Bertz CT molecular complexity index is 423. The maximum atomic E-state index is 11.1. The highest BCUT2D eigenvalue weighted by Crippen LogP contribution is 2.31. The fourth-order valence-electron chi connectivity index (χ4n) is 1.88. The first-order valence-electron chi connectivity index (χ1n) is 6.14. The maximum Gasteiger partial charge on any atom is 0.274 e. The SMILES string of the molecule is CCCNC(C)C(C)c1ccc(Br)cc1[N+](=O)[O-]. The Labute approximate surface area is 116 Å². The highest BCUT2D eigenvalue weighted by molar-refractivity contribution is 9.10. The van der Waals surface area contributed by atoms with Crippen LogP contribution < -0.4 is 5.32 Å². The smallest absolute Gasteiger partial charge is 0.274 e. The van der Waals surface area contributed by atoms with Gasteiger partial charge < -0.3 is 5.32 Å². The molecule has 0 spiro atoms. The summed E-state index contributed by atoms with van der Waals surface area (Å²) in [6.45, 7) is 7.11. The van der Waals surface area contributed by atoms with E-state index in [4.69, 9.17) is 0 Å². The van der Waals surface area contributed by atoms with Crippen LogP contribution in [0.2, 0.25) is 0 Å². The van der Waals surface area contributed by atoms with Crippen molar-refractivity contribution in [3.63, 3.8) is 0 Å². The summed E-state index contributed by atoms with van der Waals surface area (Å²) in [5, 5.41) is 14.5. The molecule has 2 atom stereocenters. The van der Waals surface area contributed by atoms with Gasteiger partial charge in [0.05, 0.1) is 4.92 Å². The molecule has 1 aromatic carbocycles. The van der Waals surface area contributed by atoms with Crippen LogP contribution in [0.25, 0.3) is 0 Å². The average Bonchev–Trinajstić information content (AvgIpc) is 2.34. The molecule has 0 fully saturated rings. The lowest BCUT2D eigenvalue weighted by molar-refractivity contribution is -0.385. The van der Waals surface area contributed by atoms with E-state index in [2.05, 4.69) is 35.1 Å². The molecule has 1 rings (SSSR count). The van der Waals surface area contributed by atoms with Gasteiger partial charge in [-0.15, -0.1) is 0 Å². The Balaban J connectivity index is 2.97. The van der Waals surface area contributed by atoms with Gasteiger partial charge in [0.2, 0.25) is 0 Å². The van der Waals surface area contributed by atoms with Crippen molar-refractivity contribution in [2.45, 2.75) is 39.2 Å². The molecule has 0 aliphatic rings. The predicted octanol–water partition coefficient (Wildman–Crippen LogP) is 3.85. The van der Waals surface area contributed by atoms with Crippen LogP contribution in [0.3, 0.4) is 0 Å². The van der Waals surface area contributed by atoms with Crippen molar-refractivity contribution in [3.8, 4) is 0 Å². The van der Waals surface area contributed by atoms with Crippen molar-refractivity contribution in [1.82, 2.24) is 5.32 Å². The molecule has 0 amide bonds. The van der Waals surface area contributed by atoms with Crippen LogP contribution in [0, 0.1) is 10.1 Å². The van der Waals surface area contributed by atoms with Crippen molar-refractivity contribution in [2.24, 2.45) is 0 Å². The van der Waals surface area contributed by atoms with Crippen molar-refractivity contribution in [2.75, 3.05) is 6.54 Å². The van der Waals surface area contributed by atoms with Crippen molar-refractivity contribution < 1.29 is 4.92 Å². The molecule has 0 radical (unpaired) electrons. The molecule has 4 nitrogen and oxygen atoms in total. The van der Waals surface area contributed by atoms with Crippen molar-refractivity contribution in [3.05, 3.63) is 38.3 Å². The minimum atomic E-state index is -0.316. The minimum absolute atomic E-state index is 0.102. The third kappa shape index (κ3) is 3.78. The van der Waals surface area contributed by atoms with E-state index in [1.165, 1.54) is 0 Å². The molecule has 1 aromatic rings. The van der Waals surface area contributed by atoms with Gasteiger partial charge in [0.1, 0.15) is 0 Å². The highest BCUT2D eigenvalue weighted by atomic mass is 79.9. The number of rotatable bonds is 6. The number of nitro benzene ring substituents is 1. The third-order valence-electron chi connectivity index (χ3n) is 3.15. The van der Waals surface area contributed by atoms with E-state index in [0.29, 0.717) is 0 Å². The fraction of sp³-hybridized carbons (Fsp3) is 0.538. The van der Waals surface area contributed by atoms with E-state index in [-0.39, 0.29) is 22.6 Å². The van der Waals surface area contributed by atoms with Gasteiger partial charge >= 0.3 is 0 Å². The Morgan fingerprint density at radius 1 is 1.44 bits per heavy atom. The zero-order chi connectivity index (χ0) is 13.7. The Morgan fingerprint density at radius 2 is 2.11 bits per heavy atom. The lowest BCUT2D eigenvalue weighted by Crippen LogP contribution is -2.31. The normalized spacial score (nSPS) is 14.2. The predicted molar refractivity (Wildman–Crippen MR) is 77.0 cm³/mol. The molecule has 0 heterocycles. The van der Waals surface area contributed by atoms with Crippen LogP contribution in [0.5, 0.6) is 0 Å². The zero-order valence-corrected chi connectivity index (χ0v) is 12.5. The summed E-state index contributed by atoms with van der Waals surface area (Å²) in [7, 11) is 0. The summed E-state index contributed by atoms with van der Waals surface area (Å²) < 4.78 is 0.735. The zero-order valence-electron chi connectivity index (χ0n) is 10.9. The largest absolute Gasteiger partial charge is 0.314 e. The third-order valence-corrected chi connectivity index (χ3v) is 3.64. The molecule has 0 aromatic heterocycles. The summed E-state index contributed by atoms with van der Waals surface area (Å²) in [5.74, 6) is 0.102. The van der Waals surface area contributed by atoms with Crippen molar-refractivity contribution >= 4 is 21.6 Å². The number of hydrogen-bond donors (Lipinski definition) is 1. The van der Waals surface area contributed by atoms with Crippen LogP contribution >= 0.6 is 15.9 Å². The van der Waals surface area contributed by atoms with Crippen molar-refractivity contribution in [1.29, 1.82) is 0 Å². The first kappa shape index (κ1) is 15.1. The molecule has 0 bridgehead atoms. The number of hydrogen-bond acceptors (Lipinski definition) is 3. The Hall–Kier alpha value is -0.940. The van der Waals surface area contributed by atoms with Crippen LogP contribution in [0.1, 0.15) is 38.7 Å². The molecular weight excluding hydrogens is 296 g/mol. The molecular formula is C13H19BrN2O2.